The van der Waals surface area contributed by atoms with Crippen molar-refractivity contribution in [3.05, 3.63) is 65.2 Å². The lowest BCUT2D eigenvalue weighted by Gasteiger charge is -2.31. The van der Waals surface area contributed by atoms with Gasteiger partial charge >= 0.3 is 0 Å². The molecule has 0 saturated heterocycles. The average Bonchev–Trinajstić information content (AvgIpc) is 2.77. The Kier molecular flexibility index (Phi) is 3.89. The molecule has 21 heavy (non-hydrogen) atoms. The number of nitrogens with one attached hydrogen (secondary N) is 1. The van der Waals surface area contributed by atoms with E-state index < -0.39 is 0 Å². The maximum Gasteiger partial charge on any atom is 0.0991 e. The van der Waals surface area contributed by atoms with Crippen LogP contribution in [0.15, 0.2) is 48.5 Å². The number of para-hydroxylation sites is 1. The maximum atomic E-state index is 8.91. The van der Waals surface area contributed by atoms with Crippen molar-refractivity contribution in [3.8, 4) is 6.07 Å². The van der Waals surface area contributed by atoms with Gasteiger partial charge in [-0.2, -0.15) is 5.26 Å². The zero-order valence-electron chi connectivity index (χ0n) is 12.2. The second-order valence-corrected chi connectivity index (χ2v) is 5.41. The Balaban J connectivity index is 1.93. The third-order valence-corrected chi connectivity index (χ3v) is 4.14. The van der Waals surface area contributed by atoms with Crippen molar-refractivity contribution in [1.29, 1.82) is 5.26 Å². The highest BCUT2D eigenvalue weighted by molar-refractivity contribution is 5.56. The first-order valence-corrected chi connectivity index (χ1v) is 7.35. The normalized spacial score (nSPS) is 15.7. The quantitative estimate of drug-likeness (QED) is 0.916. The van der Waals surface area contributed by atoms with E-state index >= 15 is 0 Å². The molecule has 0 aromatic heterocycles. The van der Waals surface area contributed by atoms with E-state index in [4.69, 9.17) is 5.26 Å². The number of anilines is 1. The molecule has 0 aliphatic carbocycles. The standard InChI is InChI=1S/C18H19N3/c1-14(16-8-6-15(12-19)7-9-16)21-11-10-20-13-17-4-2-3-5-18(17)21/h2-9,14,20H,10-11,13H2,1H3. The summed E-state index contributed by atoms with van der Waals surface area (Å²) in [5.74, 6) is 0. The smallest absolute Gasteiger partial charge is 0.0991 e. The minimum absolute atomic E-state index is 0.291. The van der Waals surface area contributed by atoms with E-state index in [1.807, 2.05) is 12.1 Å². The van der Waals surface area contributed by atoms with Crippen LogP contribution in [0.2, 0.25) is 0 Å². The first-order chi connectivity index (χ1) is 10.3. The summed E-state index contributed by atoms with van der Waals surface area (Å²) in [6.07, 6.45) is 0. The van der Waals surface area contributed by atoms with Gasteiger partial charge in [0.05, 0.1) is 17.7 Å². The molecular formula is C18H19N3. The van der Waals surface area contributed by atoms with Crippen molar-refractivity contribution in [3.63, 3.8) is 0 Å². The summed E-state index contributed by atoms with van der Waals surface area (Å²) in [6.45, 7) is 5.11. The van der Waals surface area contributed by atoms with Crippen LogP contribution < -0.4 is 10.2 Å². The van der Waals surface area contributed by atoms with Gasteiger partial charge in [0.2, 0.25) is 0 Å². The highest BCUT2D eigenvalue weighted by Gasteiger charge is 2.20. The average molecular weight is 277 g/mol. The zero-order valence-corrected chi connectivity index (χ0v) is 12.2. The number of benzene rings is 2. The molecule has 0 amide bonds. The van der Waals surface area contributed by atoms with Crippen LogP contribution in [0.25, 0.3) is 0 Å². The predicted octanol–water partition coefficient (Wildman–Crippen LogP) is 3.23. The highest BCUT2D eigenvalue weighted by Crippen LogP contribution is 2.30. The van der Waals surface area contributed by atoms with Gasteiger partial charge in [0.1, 0.15) is 0 Å². The number of rotatable bonds is 2. The Morgan fingerprint density at radius 2 is 1.90 bits per heavy atom. The molecule has 0 saturated carbocycles. The summed E-state index contributed by atoms with van der Waals surface area (Å²) < 4.78 is 0. The van der Waals surface area contributed by atoms with Gasteiger partial charge in [0.25, 0.3) is 0 Å². The number of hydrogen-bond donors (Lipinski definition) is 1. The fourth-order valence-electron chi connectivity index (χ4n) is 2.90. The van der Waals surface area contributed by atoms with E-state index in [9.17, 15) is 0 Å². The van der Waals surface area contributed by atoms with Gasteiger partial charge in [-0.1, -0.05) is 30.3 Å². The van der Waals surface area contributed by atoms with Gasteiger partial charge in [-0.05, 0) is 36.2 Å². The molecule has 3 nitrogen and oxygen atoms in total. The van der Waals surface area contributed by atoms with Gasteiger partial charge in [-0.25, -0.2) is 0 Å². The number of nitriles is 1. The van der Waals surface area contributed by atoms with Crippen LogP contribution in [0.3, 0.4) is 0 Å². The summed E-state index contributed by atoms with van der Waals surface area (Å²) >= 11 is 0. The molecule has 0 radical (unpaired) electrons. The lowest BCUT2D eigenvalue weighted by Crippen LogP contribution is -2.31. The third-order valence-electron chi connectivity index (χ3n) is 4.14. The van der Waals surface area contributed by atoms with Crippen LogP contribution >= 0.6 is 0 Å². The molecule has 1 unspecified atom stereocenters. The van der Waals surface area contributed by atoms with Gasteiger partial charge < -0.3 is 10.2 Å². The SMILES string of the molecule is CC(c1ccc(C#N)cc1)N1CCNCc2ccccc21. The lowest BCUT2D eigenvalue weighted by molar-refractivity contribution is 0.639. The predicted molar refractivity (Wildman–Crippen MR) is 85.1 cm³/mol. The van der Waals surface area contributed by atoms with E-state index in [-0.39, 0.29) is 0 Å². The Hall–Kier alpha value is -2.31. The summed E-state index contributed by atoms with van der Waals surface area (Å²) in [6, 6.07) is 19.0. The number of fused-ring (bicyclic) bond motifs is 1. The number of hydrogen-bond acceptors (Lipinski definition) is 3. The van der Waals surface area contributed by atoms with Crippen LogP contribution in [-0.4, -0.2) is 13.1 Å². The first-order valence-electron chi connectivity index (χ1n) is 7.35. The van der Waals surface area contributed by atoms with Crippen LogP contribution in [0.5, 0.6) is 0 Å². The van der Waals surface area contributed by atoms with Crippen LogP contribution in [0, 0.1) is 11.3 Å². The second-order valence-electron chi connectivity index (χ2n) is 5.41. The zero-order chi connectivity index (χ0) is 14.7. The molecule has 0 spiro atoms. The topological polar surface area (TPSA) is 39.1 Å². The summed E-state index contributed by atoms with van der Waals surface area (Å²) in [5, 5.41) is 12.4. The van der Waals surface area contributed by atoms with Crippen molar-refractivity contribution in [1.82, 2.24) is 5.32 Å². The number of nitrogens with zero attached hydrogens (tertiary/aromatic N) is 2. The second kappa shape index (κ2) is 5.99. The van der Waals surface area contributed by atoms with Crippen molar-refractivity contribution in [2.45, 2.75) is 19.5 Å². The molecule has 3 rings (SSSR count). The molecule has 1 atom stereocenters. The molecule has 106 valence electrons. The minimum atomic E-state index is 0.291. The third kappa shape index (κ3) is 2.76. The van der Waals surface area contributed by atoms with Crippen molar-refractivity contribution in [2.75, 3.05) is 18.0 Å². The van der Waals surface area contributed by atoms with Gasteiger partial charge in [-0.15, -0.1) is 0 Å². The summed E-state index contributed by atoms with van der Waals surface area (Å²) in [5.41, 5.74) is 4.60. The molecule has 0 fully saturated rings. The van der Waals surface area contributed by atoms with Crippen molar-refractivity contribution in [2.24, 2.45) is 0 Å². The lowest BCUT2D eigenvalue weighted by atomic mass is 10.0. The summed E-state index contributed by atoms with van der Waals surface area (Å²) in [4.78, 5) is 2.44. The Bertz CT molecular complexity index is 655. The fraction of sp³-hybridized carbons (Fsp3) is 0.278. The van der Waals surface area contributed by atoms with E-state index in [2.05, 4.69) is 59.6 Å². The van der Waals surface area contributed by atoms with Crippen molar-refractivity contribution >= 4 is 5.69 Å². The van der Waals surface area contributed by atoms with Crippen LogP contribution in [-0.2, 0) is 6.54 Å². The van der Waals surface area contributed by atoms with E-state index in [0.717, 1.165) is 19.6 Å². The Morgan fingerprint density at radius 1 is 1.14 bits per heavy atom. The largest absolute Gasteiger partial charge is 0.363 e. The Labute approximate surface area is 125 Å². The highest BCUT2D eigenvalue weighted by atomic mass is 15.2. The summed E-state index contributed by atoms with van der Waals surface area (Å²) in [7, 11) is 0. The molecule has 1 aliphatic rings. The van der Waals surface area contributed by atoms with Crippen molar-refractivity contribution < 1.29 is 0 Å². The minimum Gasteiger partial charge on any atom is -0.363 e. The molecule has 0 bridgehead atoms. The van der Waals surface area contributed by atoms with E-state index in [0.29, 0.717) is 11.6 Å². The molecule has 2 aromatic rings. The molecule has 3 heteroatoms. The van der Waals surface area contributed by atoms with Crippen LogP contribution in [0.4, 0.5) is 5.69 Å². The fourth-order valence-corrected chi connectivity index (χ4v) is 2.90. The van der Waals surface area contributed by atoms with Gasteiger partial charge in [-0.3, -0.25) is 0 Å². The van der Waals surface area contributed by atoms with Gasteiger partial charge in [0, 0.05) is 25.3 Å². The Morgan fingerprint density at radius 3 is 2.67 bits per heavy atom. The molecule has 2 aromatic carbocycles. The maximum absolute atomic E-state index is 8.91. The van der Waals surface area contributed by atoms with Crippen LogP contribution in [0.1, 0.15) is 29.7 Å². The van der Waals surface area contributed by atoms with E-state index in [1.165, 1.54) is 16.8 Å². The van der Waals surface area contributed by atoms with Gasteiger partial charge in [0.15, 0.2) is 0 Å². The first kappa shape index (κ1) is 13.7. The molecular weight excluding hydrogens is 258 g/mol. The molecule has 1 aliphatic heterocycles. The molecule has 1 heterocycles. The monoisotopic (exact) mass is 277 g/mol. The van der Waals surface area contributed by atoms with E-state index in [1.54, 1.807) is 0 Å². The molecule has 1 N–H and O–H groups in total.